The smallest absolute Gasteiger partial charge is 0.257 e. The minimum Gasteiger partial charge on any atom is -0.469 e. The molecule has 0 saturated carbocycles. The summed E-state index contributed by atoms with van der Waals surface area (Å²) < 4.78 is 5.37. The van der Waals surface area contributed by atoms with Gasteiger partial charge in [0.2, 0.25) is 0 Å². The number of carbonyl (C=O) groups is 1. The second-order valence-electron chi connectivity index (χ2n) is 5.93. The van der Waals surface area contributed by atoms with Crippen LogP contribution in [0.5, 0.6) is 0 Å². The molecule has 2 heterocycles. The van der Waals surface area contributed by atoms with Crippen LogP contribution in [-0.2, 0) is 6.42 Å². The topological polar surface area (TPSA) is 45.5 Å². The summed E-state index contributed by atoms with van der Waals surface area (Å²) in [6, 6.07) is 2.30. The Morgan fingerprint density at radius 1 is 1.55 bits per heavy atom. The van der Waals surface area contributed by atoms with Gasteiger partial charge in [-0.3, -0.25) is 4.79 Å². The van der Waals surface area contributed by atoms with Gasteiger partial charge in [0.15, 0.2) is 0 Å². The van der Waals surface area contributed by atoms with Crippen molar-refractivity contribution in [2.75, 3.05) is 19.6 Å². The number of aryl methyl sites for hydroxylation is 1. The Hall–Kier alpha value is -1.29. The van der Waals surface area contributed by atoms with Crippen LogP contribution < -0.4 is 5.32 Å². The molecule has 1 N–H and O–H groups in total. The second-order valence-corrected chi connectivity index (χ2v) is 5.93. The lowest BCUT2D eigenvalue weighted by atomic mass is 9.97. The Balaban J connectivity index is 1.96. The van der Waals surface area contributed by atoms with Crippen LogP contribution in [0.15, 0.2) is 16.7 Å². The third-order valence-electron chi connectivity index (χ3n) is 3.92. The fourth-order valence-electron chi connectivity index (χ4n) is 2.79. The highest BCUT2D eigenvalue weighted by Crippen LogP contribution is 2.20. The standard InChI is InChI=1S/C16H26N2O2/c1-4-15-14(7-9-20-15)16(19)18-8-5-6-13(11-18)10-17-12(2)3/h7,9,12-13,17H,4-6,8,10-11H2,1-3H3. The molecule has 1 aromatic rings. The summed E-state index contributed by atoms with van der Waals surface area (Å²) in [5.41, 5.74) is 0.741. The number of likely N-dealkylation sites (tertiary alicyclic amines) is 1. The zero-order valence-corrected chi connectivity index (χ0v) is 12.8. The van der Waals surface area contributed by atoms with Gasteiger partial charge in [0.25, 0.3) is 5.91 Å². The number of carbonyl (C=O) groups excluding carboxylic acids is 1. The number of nitrogens with one attached hydrogen (secondary N) is 1. The quantitative estimate of drug-likeness (QED) is 0.900. The molecule has 2 rings (SSSR count). The van der Waals surface area contributed by atoms with Gasteiger partial charge >= 0.3 is 0 Å². The number of furan rings is 1. The van der Waals surface area contributed by atoms with Gasteiger partial charge in [-0.15, -0.1) is 0 Å². The largest absolute Gasteiger partial charge is 0.469 e. The molecule has 0 bridgehead atoms. The van der Waals surface area contributed by atoms with Gasteiger partial charge in [0.05, 0.1) is 11.8 Å². The molecular weight excluding hydrogens is 252 g/mol. The lowest BCUT2D eigenvalue weighted by Gasteiger charge is -2.33. The van der Waals surface area contributed by atoms with Crippen LogP contribution in [0.2, 0.25) is 0 Å². The van der Waals surface area contributed by atoms with E-state index in [0.717, 1.165) is 43.8 Å². The maximum atomic E-state index is 12.6. The Bertz CT molecular complexity index is 439. The normalized spacial score (nSPS) is 19.6. The van der Waals surface area contributed by atoms with E-state index < -0.39 is 0 Å². The monoisotopic (exact) mass is 278 g/mol. The van der Waals surface area contributed by atoms with Crippen LogP contribution >= 0.6 is 0 Å². The first kappa shape index (κ1) is 15.1. The van der Waals surface area contributed by atoms with Crippen molar-refractivity contribution >= 4 is 5.91 Å². The molecule has 20 heavy (non-hydrogen) atoms. The highest BCUT2D eigenvalue weighted by Gasteiger charge is 2.26. The molecular formula is C16H26N2O2. The molecule has 4 heteroatoms. The Morgan fingerprint density at radius 3 is 3.05 bits per heavy atom. The summed E-state index contributed by atoms with van der Waals surface area (Å²) in [4.78, 5) is 14.6. The third kappa shape index (κ3) is 3.63. The average Bonchev–Trinajstić information content (AvgIpc) is 2.93. The molecule has 1 aliphatic heterocycles. The minimum atomic E-state index is 0.129. The molecule has 0 aliphatic carbocycles. The molecule has 1 atom stereocenters. The van der Waals surface area contributed by atoms with Gasteiger partial charge in [-0.05, 0) is 31.4 Å². The van der Waals surface area contributed by atoms with Crippen molar-refractivity contribution in [3.05, 3.63) is 23.7 Å². The number of piperidine rings is 1. The Kier molecular flexibility index (Phi) is 5.24. The number of rotatable bonds is 5. The Labute approximate surface area is 121 Å². The van der Waals surface area contributed by atoms with Crippen molar-refractivity contribution in [3.63, 3.8) is 0 Å². The summed E-state index contributed by atoms with van der Waals surface area (Å²) in [6.07, 6.45) is 4.68. The summed E-state index contributed by atoms with van der Waals surface area (Å²) in [5, 5.41) is 3.48. The first-order valence-electron chi connectivity index (χ1n) is 7.70. The SMILES string of the molecule is CCc1occc1C(=O)N1CCCC(CNC(C)C)C1. The van der Waals surface area contributed by atoms with Gasteiger partial charge in [-0.25, -0.2) is 0 Å². The van der Waals surface area contributed by atoms with Crippen molar-refractivity contribution in [2.45, 2.75) is 46.1 Å². The number of hydrogen-bond donors (Lipinski definition) is 1. The highest BCUT2D eigenvalue weighted by molar-refractivity contribution is 5.95. The number of hydrogen-bond acceptors (Lipinski definition) is 3. The highest BCUT2D eigenvalue weighted by atomic mass is 16.3. The van der Waals surface area contributed by atoms with E-state index in [0.29, 0.717) is 12.0 Å². The lowest BCUT2D eigenvalue weighted by molar-refractivity contribution is 0.0670. The summed E-state index contributed by atoms with van der Waals surface area (Å²) in [6.45, 7) is 9.04. The van der Waals surface area contributed by atoms with Crippen LogP contribution in [0.4, 0.5) is 0 Å². The molecule has 1 aliphatic rings. The Morgan fingerprint density at radius 2 is 2.35 bits per heavy atom. The maximum Gasteiger partial charge on any atom is 0.257 e. The van der Waals surface area contributed by atoms with E-state index in [9.17, 15) is 4.79 Å². The van der Waals surface area contributed by atoms with Crippen LogP contribution in [0, 0.1) is 5.92 Å². The van der Waals surface area contributed by atoms with Crippen LogP contribution in [0.25, 0.3) is 0 Å². The molecule has 1 fully saturated rings. The zero-order valence-electron chi connectivity index (χ0n) is 12.8. The molecule has 0 aromatic carbocycles. The predicted molar refractivity (Wildman–Crippen MR) is 79.9 cm³/mol. The zero-order chi connectivity index (χ0) is 14.5. The summed E-state index contributed by atoms with van der Waals surface area (Å²) in [5.74, 6) is 1.49. The van der Waals surface area contributed by atoms with Crippen LogP contribution in [0.3, 0.4) is 0 Å². The molecule has 1 unspecified atom stereocenters. The second kappa shape index (κ2) is 6.93. The first-order valence-corrected chi connectivity index (χ1v) is 7.70. The van der Waals surface area contributed by atoms with E-state index in [4.69, 9.17) is 4.42 Å². The molecule has 4 nitrogen and oxygen atoms in total. The van der Waals surface area contributed by atoms with E-state index in [1.807, 2.05) is 11.8 Å². The van der Waals surface area contributed by atoms with Crippen LogP contribution in [-0.4, -0.2) is 36.5 Å². The number of amides is 1. The average molecular weight is 278 g/mol. The molecule has 1 amide bonds. The van der Waals surface area contributed by atoms with E-state index in [1.54, 1.807) is 12.3 Å². The van der Waals surface area contributed by atoms with E-state index in [1.165, 1.54) is 6.42 Å². The van der Waals surface area contributed by atoms with Crippen molar-refractivity contribution in [1.82, 2.24) is 10.2 Å². The van der Waals surface area contributed by atoms with Gasteiger partial charge in [0, 0.05) is 25.6 Å². The first-order chi connectivity index (χ1) is 9.61. The third-order valence-corrected chi connectivity index (χ3v) is 3.92. The molecule has 112 valence electrons. The maximum absolute atomic E-state index is 12.6. The van der Waals surface area contributed by atoms with Gasteiger partial charge in [-0.1, -0.05) is 20.8 Å². The molecule has 0 radical (unpaired) electrons. The van der Waals surface area contributed by atoms with Crippen molar-refractivity contribution < 1.29 is 9.21 Å². The van der Waals surface area contributed by atoms with E-state index >= 15 is 0 Å². The minimum absolute atomic E-state index is 0.129. The lowest BCUT2D eigenvalue weighted by Crippen LogP contribution is -2.43. The van der Waals surface area contributed by atoms with Crippen molar-refractivity contribution in [1.29, 1.82) is 0 Å². The van der Waals surface area contributed by atoms with Crippen molar-refractivity contribution in [3.8, 4) is 0 Å². The summed E-state index contributed by atoms with van der Waals surface area (Å²) >= 11 is 0. The van der Waals surface area contributed by atoms with E-state index in [2.05, 4.69) is 19.2 Å². The molecule has 1 aromatic heterocycles. The molecule has 1 saturated heterocycles. The number of nitrogens with zero attached hydrogens (tertiary/aromatic N) is 1. The predicted octanol–water partition coefficient (Wildman–Crippen LogP) is 2.69. The van der Waals surface area contributed by atoms with Gasteiger partial charge in [0.1, 0.15) is 5.76 Å². The van der Waals surface area contributed by atoms with E-state index in [-0.39, 0.29) is 5.91 Å². The molecule has 0 spiro atoms. The summed E-state index contributed by atoms with van der Waals surface area (Å²) in [7, 11) is 0. The van der Waals surface area contributed by atoms with Crippen molar-refractivity contribution in [2.24, 2.45) is 5.92 Å². The fraction of sp³-hybridized carbons (Fsp3) is 0.688. The fourth-order valence-corrected chi connectivity index (χ4v) is 2.79. The van der Waals surface area contributed by atoms with Gasteiger partial charge < -0.3 is 14.6 Å². The van der Waals surface area contributed by atoms with Gasteiger partial charge in [-0.2, -0.15) is 0 Å². The van der Waals surface area contributed by atoms with Crippen LogP contribution in [0.1, 0.15) is 49.7 Å².